The van der Waals surface area contributed by atoms with Crippen molar-refractivity contribution in [3.05, 3.63) is 75.2 Å². The van der Waals surface area contributed by atoms with E-state index in [1.807, 2.05) is 36.6 Å². The number of rotatable bonds is 5. The third kappa shape index (κ3) is 3.99. The summed E-state index contributed by atoms with van der Waals surface area (Å²) in [7, 11) is 0. The molecule has 4 aromatic rings. The maximum absolute atomic E-state index is 14.1. The molecular weight excluding hydrogens is 463 g/mol. The summed E-state index contributed by atoms with van der Waals surface area (Å²) in [6.07, 6.45) is 0. The van der Waals surface area contributed by atoms with Crippen LogP contribution in [-0.4, -0.2) is 10.9 Å². The lowest BCUT2D eigenvalue weighted by Crippen LogP contribution is -2.13. The van der Waals surface area contributed by atoms with Crippen molar-refractivity contribution < 1.29 is 13.6 Å². The fraction of sp³-hybridized carbons (Fsp3) is 0.100. The number of benzene rings is 2. The fourth-order valence-electron chi connectivity index (χ4n) is 2.73. The zero-order chi connectivity index (χ0) is 19.7. The monoisotopic (exact) mass is 476 g/mol. The molecule has 0 bridgehead atoms. The average Bonchev–Trinajstić information content (AvgIpc) is 3.25. The van der Waals surface area contributed by atoms with Crippen molar-refractivity contribution in [3.8, 4) is 0 Å². The van der Waals surface area contributed by atoms with E-state index in [0.29, 0.717) is 15.8 Å². The van der Waals surface area contributed by atoms with Crippen LogP contribution < -0.4 is 5.32 Å². The van der Waals surface area contributed by atoms with E-state index in [1.54, 1.807) is 29.2 Å². The Morgan fingerprint density at radius 1 is 1.32 bits per heavy atom. The van der Waals surface area contributed by atoms with Crippen LogP contribution in [0.25, 0.3) is 11.0 Å². The summed E-state index contributed by atoms with van der Waals surface area (Å²) >= 11 is 6.32. The molecule has 2 aromatic heterocycles. The number of amides is 1. The van der Waals surface area contributed by atoms with Crippen molar-refractivity contribution in [1.29, 1.82) is 0 Å². The van der Waals surface area contributed by atoms with Gasteiger partial charge in [0, 0.05) is 32.2 Å². The van der Waals surface area contributed by atoms with Gasteiger partial charge in [0.05, 0.1) is 5.69 Å². The van der Waals surface area contributed by atoms with Gasteiger partial charge in [0.25, 0.3) is 5.91 Å². The molecule has 1 amide bonds. The number of halogens is 2. The molecule has 0 saturated heterocycles. The van der Waals surface area contributed by atoms with E-state index in [2.05, 4.69) is 26.2 Å². The number of nitrogens with zero attached hydrogens (tertiary/aromatic N) is 1. The number of hydrogen-bond acceptors (Lipinski definition) is 5. The van der Waals surface area contributed by atoms with E-state index in [1.165, 1.54) is 12.1 Å². The third-order valence-electron chi connectivity index (χ3n) is 4.02. The molecule has 0 atom stereocenters. The maximum atomic E-state index is 14.1. The van der Waals surface area contributed by atoms with Gasteiger partial charge in [0.15, 0.2) is 5.76 Å². The van der Waals surface area contributed by atoms with Crippen LogP contribution in [0.3, 0.4) is 0 Å². The van der Waals surface area contributed by atoms with Crippen LogP contribution in [0.5, 0.6) is 0 Å². The summed E-state index contributed by atoms with van der Waals surface area (Å²) in [5.41, 5.74) is 2.45. The zero-order valence-corrected chi connectivity index (χ0v) is 17.9. The number of nitrogens with one attached hydrogen (secondary N) is 1. The molecule has 0 aliphatic rings. The average molecular weight is 477 g/mol. The first-order chi connectivity index (χ1) is 13.5. The smallest absolute Gasteiger partial charge is 0.291 e. The van der Waals surface area contributed by atoms with Gasteiger partial charge in [-0.2, -0.15) is 0 Å². The van der Waals surface area contributed by atoms with E-state index in [0.717, 1.165) is 21.0 Å². The summed E-state index contributed by atoms with van der Waals surface area (Å²) in [6.45, 7) is 1.94. The van der Waals surface area contributed by atoms with Gasteiger partial charge in [-0.3, -0.25) is 4.79 Å². The first kappa shape index (κ1) is 19.2. The second-order valence-corrected chi connectivity index (χ2v) is 9.02. The lowest BCUT2D eigenvalue weighted by atomic mass is 10.1. The normalized spacial score (nSPS) is 11.1. The lowest BCUT2D eigenvalue weighted by molar-refractivity contribution is 0.0997. The number of aryl methyl sites for hydroxylation is 1. The van der Waals surface area contributed by atoms with Gasteiger partial charge in [0.1, 0.15) is 15.7 Å². The van der Waals surface area contributed by atoms with Crippen LogP contribution in [0.4, 0.5) is 10.1 Å². The van der Waals surface area contributed by atoms with Gasteiger partial charge in [0.2, 0.25) is 0 Å². The zero-order valence-electron chi connectivity index (χ0n) is 14.7. The first-order valence-electron chi connectivity index (χ1n) is 8.33. The SMILES string of the molecule is Cc1csc(SCc2c(C(=O)Nc3ccc(Br)cc3F)oc3ccccc23)n1. The number of anilines is 1. The minimum Gasteiger partial charge on any atom is -0.451 e. The maximum Gasteiger partial charge on any atom is 0.291 e. The second kappa shape index (κ2) is 8.06. The van der Waals surface area contributed by atoms with E-state index < -0.39 is 11.7 Å². The minimum absolute atomic E-state index is 0.0998. The van der Waals surface area contributed by atoms with E-state index in [9.17, 15) is 9.18 Å². The highest BCUT2D eigenvalue weighted by atomic mass is 79.9. The molecule has 4 nitrogen and oxygen atoms in total. The van der Waals surface area contributed by atoms with Crippen molar-refractivity contribution in [3.63, 3.8) is 0 Å². The van der Waals surface area contributed by atoms with Crippen LogP contribution in [0.15, 0.2) is 61.1 Å². The first-order valence-corrected chi connectivity index (χ1v) is 11.0. The van der Waals surface area contributed by atoms with Crippen molar-refractivity contribution in [2.24, 2.45) is 0 Å². The van der Waals surface area contributed by atoms with Gasteiger partial charge < -0.3 is 9.73 Å². The highest BCUT2D eigenvalue weighted by Gasteiger charge is 2.22. The Labute approximate surface area is 177 Å². The number of thioether (sulfide) groups is 1. The summed E-state index contributed by atoms with van der Waals surface area (Å²) in [5.74, 6) is -0.295. The molecule has 0 saturated carbocycles. The topological polar surface area (TPSA) is 55.1 Å². The predicted octanol–water partition coefficient (Wildman–Crippen LogP) is 6.64. The molecule has 0 aliphatic heterocycles. The van der Waals surface area contributed by atoms with Gasteiger partial charge in [-0.25, -0.2) is 9.37 Å². The Morgan fingerprint density at radius 3 is 2.89 bits per heavy atom. The molecule has 28 heavy (non-hydrogen) atoms. The molecule has 142 valence electrons. The van der Waals surface area contributed by atoms with Crippen LogP contribution in [0, 0.1) is 12.7 Å². The van der Waals surface area contributed by atoms with Crippen molar-refractivity contribution in [1.82, 2.24) is 4.98 Å². The van der Waals surface area contributed by atoms with Crippen LogP contribution >= 0.6 is 39.0 Å². The number of furan rings is 1. The summed E-state index contributed by atoms with van der Waals surface area (Å²) in [4.78, 5) is 17.3. The van der Waals surface area contributed by atoms with E-state index in [4.69, 9.17) is 4.42 Å². The second-order valence-electron chi connectivity index (χ2n) is 6.03. The van der Waals surface area contributed by atoms with Crippen LogP contribution in [0.2, 0.25) is 0 Å². The molecule has 1 N–H and O–H groups in total. The largest absolute Gasteiger partial charge is 0.451 e. The molecular formula is C20H14BrFN2O2S2. The Balaban J connectivity index is 1.66. The van der Waals surface area contributed by atoms with E-state index >= 15 is 0 Å². The van der Waals surface area contributed by atoms with Gasteiger partial charge in [-0.1, -0.05) is 45.9 Å². The van der Waals surface area contributed by atoms with Gasteiger partial charge >= 0.3 is 0 Å². The Morgan fingerprint density at radius 2 is 2.14 bits per heavy atom. The standard InChI is InChI=1S/C20H14BrFN2O2S2/c1-11-9-27-20(23-11)28-10-14-13-4-2-3-5-17(13)26-18(14)19(25)24-16-7-6-12(21)8-15(16)22/h2-9H,10H2,1H3,(H,24,25). The summed E-state index contributed by atoms with van der Waals surface area (Å²) in [6, 6.07) is 12.0. The number of thiazole rings is 1. The molecule has 2 heterocycles. The molecule has 0 radical (unpaired) electrons. The number of aromatic nitrogens is 1. The highest BCUT2D eigenvalue weighted by molar-refractivity contribution is 9.10. The molecule has 8 heteroatoms. The van der Waals surface area contributed by atoms with E-state index in [-0.39, 0.29) is 11.4 Å². The Kier molecular flexibility index (Phi) is 5.52. The Bertz CT molecular complexity index is 1170. The molecule has 2 aromatic carbocycles. The summed E-state index contributed by atoms with van der Waals surface area (Å²) < 4.78 is 21.5. The highest BCUT2D eigenvalue weighted by Crippen LogP contribution is 2.33. The van der Waals surface area contributed by atoms with Crippen LogP contribution in [-0.2, 0) is 5.75 Å². The molecule has 0 fully saturated rings. The number of fused-ring (bicyclic) bond motifs is 1. The minimum atomic E-state index is -0.520. The van der Waals surface area contributed by atoms with Gasteiger partial charge in [-0.05, 0) is 31.2 Å². The third-order valence-corrected chi connectivity index (χ3v) is 6.68. The number of hydrogen-bond donors (Lipinski definition) is 1. The van der Waals surface area contributed by atoms with Crippen molar-refractivity contribution in [2.45, 2.75) is 17.0 Å². The van der Waals surface area contributed by atoms with Crippen LogP contribution in [0.1, 0.15) is 21.8 Å². The number of carbonyl (C=O) groups excluding carboxylic acids is 1. The molecule has 0 spiro atoms. The molecule has 0 unspecified atom stereocenters. The number of para-hydroxylation sites is 1. The Hall–Kier alpha value is -2.16. The summed E-state index contributed by atoms with van der Waals surface area (Å²) in [5, 5.41) is 5.46. The van der Waals surface area contributed by atoms with Crippen molar-refractivity contribution >= 4 is 61.6 Å². The fourth-order valence-corrected chi connectivity index (χ4v) is 4.94. The molecule has 4 rings (SSSR count). The molecule has 0 aliphatic carbocycles. The lowest BCUT2D eigenvalue weighted by Gasteiger charge is -2.06. The predicted molar refractivity (Wildman–Crippen MR) is 115 cm³/mol. The quantitative estimate of drug-likeness (QED) is 0.327. The van der Waals surface area contributed by atoms with Crippen molar-refractivity contribution in [2.75, 3.05) is 5.32 Å². The van der Waals surface area contributed by atoms with Gasteiger partial charge in [-0.15, -0.1) is 11.3 Å². The number of carbonyl (C=O) groups is 1.